The zero-order valence-electron chi connectivity index (χ0n) is 14.2. The highest BCUT2D eigenvalue weighted by atomic mass is 35.5. The first-order chi connectivity index (χ1) is 11.0. The Morgan fingerprint density at radius 2 is 1.39 bits per heavy atom. The lowest BCUT2D eigenvalue weighted by Crippen LogP contribution is -2.31. The number of benzene rings is 2. The predicted molar refractivity (Wildman–Crippen MR) is 98.9 cm³/mol. The van der Waals surface area contributed by atoms with Crippen molar-refractivity contribution in [2.75, 3.05) is 19.6 Å². The van der Waals surface area contributed by atoms with Gasteiger partial charge in [-0.3, -0.25) is 0 Å². The Labute approximate surface area is 144 Å². The maximum absolute atomic E-state index is 10.8. The van der Waals surface area contributed by atoms with Gasteiger partial charge in [-0.05, 0) is 55.3 Å². The van der Waals surface area contributed by atoms with Gasteiger partial charge in [-0.1, -0.05) is 61.8 Å². The van der Waals surface area contributed by atoms with Crippen LogP contribution in [0.2, 0.25) is 5.02 Å². The Morgan fingerprint density at radius 1 is 0.913 bits per heavy atom. The number of nitrogens with zero attached hydrogens (tertiary/aromatic N) is 1. The third kappa shape index (κ3) is 4.81. The third-order valence-corrected chi connectivity index (χ3v) is 4.75. The van der Waals surface area contributed by atoms with E-state index in [9.17, 15) is 5.11 Å². The summed E-state index contributed by atoms with van der Waals surface area (Å²) in [6.45, 7) is 9.13. The zero-order chi connectivity index (χ0) is 16.9. The van der Waals surface area contributed by atoms with Crippen LogP contribution in [0.4, 0.5) is 0 Å². The average molecular weight is 332 g/mol. The van der Waals surface area contributed by atoms with Crippen molar-refractivity contribution in [3.63, 3.8) is 0 Å². The molecular formula is C20H26ClNO. The lowest BCUT2D eigenvalue weighted by atomic mass is 9.91. The van der Waals surface area contributed by atoms with Crippen molar-refractivity contribution in [2.24, 2.45) is 0 Å². The topological polar surface area (TPSA) is 23.5 Å². The summed E-state index contributed by atoms with van der Waals surface area (Å²) in [4.78, 5) is 2.33. The van der Waals surface area contributed by atoms with E-state index in [-0.39, 0.29) is 0 Å². The van der Waals surface area contributed by atoms with E-state index in [2.05, 4.69) is 30.9 Å². The lowest BCUT2D eigenvalue weighted by molar-refractivity contribution is 0.0369. The summed E-state index contributed by atoms with van der Waals surface area (Å²) in [5, 5.41) is 11.5. The van der Waals surface area contributed by atoms with Crippen LogP contribution < -0.4 is 0 Å². The van der Waals surface area contributed by atoms with Crippen molar-refractivity contribution in [1.82, 2.24) is 4.90 Å². The molecule has 0 fully saturated rings. The molecule has 2 aromatic carbocycles. The van der Waals surface area contributed by atoms with Gasteiger partial charge < -0.3 is 10.0 Å². The van der Waals surface area contributed by atoms with E-state index in [1.807, 2.05) is 43.3 Å². The van der Waals surface area contributed by atoms with E-state index in [4.69, 9.17) is 11.6 Å². The van der Waals surface area contributed by atoms with Crippen molar-refractivity contribution in [1.29, 1.82) is 0 Å². The molecule has 2 aromatic rings. The summed E-state index contributed by atoms with van der Waals surface area (Å²) < 4.78 is 0. The van der Waals surface area contributed by atoms with Crippen molar-refractivity contribution in [3.8, 4) is 11.1 Å². The third-order valence-electron chi connectivity index (χ3n) is 4.49. The van der Waals surface area contributed by atoms with Crippen LogP contribution in [0.1, 0.15) is 32.8 Å². The molecule has 0 heterocycles. The van der Waals surface area contributed by atoms with Crippen LogP contribution >= 0.6 is 11.6 Å². The molecule has 1 unspecified atom stereocenters. The standard InChI is InChI=1S/C20H26ClNO/c1-4-22(5-2)15-14-20(3,23)18-10-6-16(7-11-18)17-8-12-19(21)13-9-17/h6-13,23H,4-5,14-15H2,1-3H3. The quantitative estimate of drug-likeness (QED) is 0.776. The molecule has 0 saturated heterocycles. The van der Waals surface area contributed by atoms with E-state index in [0.29, 0.717) is 0 Å². The van der Waals surface area contributed by atoms with Crippen LogP contribution in [-0.2, 0) is 5.60 Å². The lowest BCUT2D eigenvalue weighted by Gasteiger charge is -2.28. The molecule has 0 radical (unpaired) electrons. The molecule has 0 aliphatic carbocycles. The molecular weight excluding hydrogens is 306 g/mol. The maximum atomic E-state index is 10.8. The number of hydrogen-bond donors (Lipinski definition) is 1. The van der Waals surface area contributed by atoms with Crippen molar-refractivity contribution < 1.29 is 5.11 Å². The van der Waals surface area contributed by atoms with E-state index in [1.165, 1.54) is 0 Å². The largest absolute Gasteiger partial charge is 0.385 e. The second kappa shape index (κ2) is 7.96. The Hall–Kier alpha value is -1.35. The van der Waals surface area contributed by atoms with Crippen LogP contribution in [0.15, 0.2) is 48.5 Å². The van der Waals surface area contributed by atoms with Crippen LogP contribution in [0.25, 0.3) is 11.1 Å². The number of rotatable bonds is 7. The Kier molecular flexibility index (Phi) is 6.23. The summed E-state index contributed by atoms with van der Waals surface area (Å²) in [5.74, 6) is 0. The van der Waals surface area contributed by atoms with E-state index >= 15 is 0 Å². The second-order valence-electron chi connectivity index (χ2n) is 6.13. The molecule has 1 atom stereocenters. The van der Waals surface area contributed by atoms with E-state index in [1.54, 1.807) is 0 Å². The first-order valence-electron chi connectivity index (χ1n) is 8.27. The molecule has 3 heteroatoms. The van der Waals surface area contributed by atoms with Gasteiger partial charge in [-0.2, -0.15) is 0 Å². The maximum Gasteiger partial charge on any atom is 0.0880 e. The molecule has 0 amide bonds. The summed E-state index contributed by atoms with van der Waals surface area (Å²) in [7, 11) is 0. The summed E-state index contributed by atoms with van der Waals surface area (Å²) in [6, 6.07) is 16.0. The Bertz CT molecular complexity index is 601. The molecule has 2 nitrogen and oxygen atoms in total. The minimum Gasteiger partial charge on any atom is -0.385 e. The molecule has 1 N–H and O–H groups in total. The molecule has 0 saturated carbocycles. The Balaban J connectivity index is 2.09. The SMILES string of the molecule is CCN(CC)CCC(C)(O)c1ccc(-c2ccc(Cl)cc2)cc1. The Morgan fingerprint density at radius 3 is 1.87 bits per heavy atom. The van der Waals surface area contributed by atoms with Gasteiger partial charge in [-0.15, -0.1) is 0 Å². The van der Waals surface area contributed by atoms with Gasteiger partial charge in [0, 0.05) is 11.6 Å². The van der Waals surface area contributed by atoms with Crippen molar-refractivity contribution >= 4 is 11.6 Å². The summed E-state index contributed by atoms with van der Waals surface area (Å²) in [6.07, 6.45) is 0.731. The summed E-state index contributed by atoms with van der Waals surface area (Å²) >= 11 is 5.93. The molecule has 0 spiro atoms. The molecule has 2 rings (SSSR count). The minimum absolute atomic E-state index is 0.731. The fourth-order valence-corrected chi connectivity index (χ4v) is 2.85. The average Bonchev–Trinajstić information content (AvgIpc) is 2.56. The molecule has 0 aliphatic rings. The van der Waals surface area contributed by atoms with Gasteiger partial charge in [0.2, 0.25) is 0 Å². The van der Waals surface area contributed by atoms with Gasteiger partial charge in [0.25, 0.3) is 0 Å². The van der Waals surface area contributed by atoms with Crippen molar-refractivity contribution in [2.45, 2.75) is 32.8 Å². The monoisotopic (exact) mass is 331 g/mol. The zero-order valence-corrected chi connectivity index (χ0v) is 15.0. The minimum atomic E-state index is -0.804. The van der Waals surface area contributed by atoms with Crippen LogP contribution in [0.3, 0.4) is 0 Å². The second-order valence-corrected chi connectivity index (χ2v) is 6.57. The van der Waals surface area contributed by atoms with Crippen LogP contribution in [0, 0.1) is 0 Å². The van der Waals surface area contributed by atoms with Gasteiger partial charge in [0.15, 0.2) is 0 Å². The van der Waals surface area contributed by atoms with Crippen molar-refractivity contribution in [3.05, 3.63) is 59.1 Å². The molecule has 0 aromatic heterocycles. The number of hydrogen-bond acceptors (Lipinski definition) is 2. The molecule has 23 heavy (non-hydrogen) atoms. The number of halogens is 1. The number of aliphatic hydroxyl groups is 1. The highest BCUT2D eigenvalue weighted by Crippen LogP contribution is 2.28. The van der Waals surface area contributed by atoms with Gasteiger partial charge in [0.05, 0.1) is 5.60 Å². The van der Waals surface area contributed by atoms with Gasteiger partial charge >= 0.3 is 0 Å². The highest BCUT2D eigenvalue weighted by Gasteiger charge is 2.23. The summed E-state index contributed by atoms with van der Waals surface area (Å²) in [5.41, 5.74) is 2.41. The highest BCUT2D eigenvalue weighted by molar-refractivity contribution is 6.30. The molecule has 124 valence electrons. The first kappa shape index (κ1) is 18.0. The van der Waals surface area contributed by atoms with Crippen LogP contribution in [0.5, 0.6) is 0 Å². The predicted octanol–water partition coefficient (Wildman–Crippen LogP) is 4.95. The van der Waals surface area contributed by atoms with Gasteiger partial charge in [0.1, 0.15) is 0 Å². The fraction of sp³-hybridized carbons (Fsp3) is 0.400. The molecule has 0 aliphatic heterocycles. The van der Waals surface area contributed by atoms with Gasteiger partial charge in [-0.25, -0.2) is 0 Å². The van der Waals surface area contributed by atoms with Crippen LogP contribution in [-0.4, -0.2) is 29.6 Å². The normalized spacial score (nSPS) is 14.0. The van der Waals surface area contributed by atoms with E-state index in [0.717, 1.165) is 47.8 Å². The fourth-order valence-electron chi connectivity index (χ4n) is 2.72. The first-order valence-corrected chi connectivity index (χ1v) is 8.65. The van der Waals surface area contributed by atoms with E-state index < -0.39 is 5.60 Å². The smallest absolute Gasteiger partial charge is 0.0880 e. The molecule has 0 bridgehead atoms.